The van der Waals surface area contributed by atoms with Crippen molar-refractivity contribution in [2.45, 2.75) is 30.4 Å². The minimum atomic E-state index is -4.10. The van der Waals surface area contributed by atoms with Gasteiger partial charge in [-0.05, 0) is 59.1 Å². The van der Waals surface area contributed by atoms with Gasteiger partial charge in [0.2, 0.25) is 10.0 Å². The van der Waals surface area contributed by atoms with Crippen LogP contribution in [0.15, 0.2) is 85.5 Å². The molecule has 0 bridgehead atoms. The average molecular weight is 620 g/mol. The summed E-state index contributed by atoms with van der Waals surface area (Å²) in [5.41, 5.74) is 2.89. The molecule has 0 atom stereocenters. The molecule has 0 aliphatic carbocycles. The molecule has 0 saturated carbocycles. The van der Waals surface area contributed by atoms with E-state index < -0.39 is 32.3 Å². The van der Waals surface area contributed by atoms with Gasteiger partial charge in [0.1, 0.15) is 29.5 Å². The van der Waals surface area contributed by atoms with E-state index in [2.05, 4.69) is 30.2 Å². The molecular formula is C27H24BrF2N3O5S. The van der Waals surface area contributed by atoms with Gasteiger partial charge in [-0.15, -0.1) is 0 Å². The van der Waals surface area contributed by atoms with E-state index in [4.69, 9.17) is 4.74 Å². The molecule has 0 amide bonds. The summed E-state index contributed by atoms with van der Waals surface area (Å²) in [7, 11) is -4.10. The van der Waals surface area contributed by atoms with Gasteiger partial charge in [-0.1, -0.05) is 30.3 Å². The first-order valence-electron chi connectivity index (χ1n) is 12.2. The monoisotopic (exact) mass is 619 g/mol. The summed E-state index contributed by atoms with van der Waals surface area (Å²) in [4.78, 5) is 15.8. The Hall–Kier alpha value is -3.19. The minimum absolute atomic E-state index is 0.105. The van der Waals surface area contributed by atoms with Gasteiger partial charge >= 0.3 is 5.76 Å². The fourth-order valence-electron chi connectivity index (χ4n) is 4.70. The zero-order chi connectivity index (χ0) is 27.6. The van der Waals surface area contributed by atoms with Crippen molar-refractivity contribution in [1.29, 1.82) is 0 Å². The van der Waals surface area contributed by atoms with E-state index in [-0.39, 0.29) is 23.6 Å². The van der Waals surface area contributed by atoms with Gasteiger partial charge in [0.05, 0.1) is 16.6 Å². The number of hydrogen-bond acceptors (Lipinski definition) is 7. The lowest BCUT2D eigenvalue weighted by atomic mass is 10.0. The topological polar surface area (TPSA) is 93.0 Å². The Morgan fingerprint density at radius 2 is 1.69 bits per heavy atom. The van der Waals surface area contributed by atoms with Crippen LogP contribution in [0.25, 0.3) is 10.9 Å². The van der Waals surface area contributed by atoms with Crippen LogP contribution in [0.1, 0.15) is 18.4 Å². The van der Waals surface area contributed by atoms with Crippen molar-refractivity contribution in [2.24, 2.45) is 0 Å². The number of aromatic nitrogens is 1. The van der Waals surface area contributed by atoms with E-state index in [0.717, 1.165) is 28.8 Å². The number of benzene rings is 3. The molecule has 1 aromatic heterocycles. The number of sulfonamides is 1. The summed E-state index contributed by atoms with van der Waals surface area (Å²) in [6, 6.07) is 17.0. The number of halogens is 3. The zero-order valence-corrected chi connectivity index (χ0v) is 23.0. The largest absolute Gasteiger partial charge is 0.439 e. The van der Waals surface area contributed by atoms with Gasteiger partial charge in [-0.25, -0.2) is 22.0 Å². The third kappa shape index (κ3) is 5.88. The highest BCUT2D eigenvalue weighted by molar-refractivity contribution is 9.10. The van der Waals surface area contributed by atoms with E-state index >= 15 is 0 Å². The average Bonchev–Trinajstić information content (AvgIpc) is 2.95. The number of ether oxygens (including phenoxy) is 1. The van der Waals surface area contributed by atoms with Crippen molar-refractivity contribution in [3.8, 4) is 0 Å². The summed E-state index contributed by atoms with van der Waals surface area (Å²) in [5.74, 6) is -2.32. The van der Waals surface area contributed by atoms with E-state index in [1.54, 1.807) is 6.07 Å². The molecule has 39 heavy (non-hydrogen) atoms. The maximum atomic E-state index is 14.2. The number of para-hydroxylation sites is 2. The van der Waals surface area contributed by atoms with Crippen LogP contribution in [-0.4, -0.2) is 43.6 Å². The Morgan fingerprint density at radius 3 is 2.49 bits per heavy atom. The van der Waals surface area contributed by atoms with E-state index in [1.807, 2.05) is 42.5 Å². The zero-order valence-electron chi connectivity index (χ0n) is 20.6. The van der Waals surface area contributed by atoms with Crippen LogP contribution in [0.2, 0.25) is 0 Å². The van der Waals surface area contributed by atoms with Gasteiger partial charge in [-0.2, -0.15) is 9.29 Å². The number of nitrogens with zero attached hydrogens (tertiary/aromatic N) is 3. The number of piperidine rings is 1. The molecule has 0 radical (unpaired) electrons. The third-order valence-electron chi connectivity index (χ3n) is 6.68. The molecule has 0 spiro atoms. The second-order valence-corrected chi connectivity index (χ2v) is 11.8. The predicted molar refractivity (Wildman–Crippen MR) is 145 cm³/mol. The normalized spacial score (nSPS) is 16.4. The van der Waals surface area contributed by atoms with Crippen LogP contribution >= 0.6 is 15.9 Å². The number of hydrogen-bond donors (Lipinski definition) is 0. The number of anilines is 1. The van der Waals surface area contributed by atoms with Crippen molar-refractivity contribution in [2.75, 3.05) is 24.7 Å². The molecule has 6 rings (SSSR count). The lowest BCUT2D eigenvalue weighted by molar-refractivity contribution is 0.0987. The molecule has 2 aliphatic rings. The van der Waals surface area contributed by atoms with Gasteiger partial charge in [0.25, 0.3) is 0 Å². The summed E-state index contributed by atoms with van der Waals surface area (Å²) in [6.45, 7) is 1.50. The highest BCUT2D eigenvalue weighted by atomic mass is 79.9. The summed E-state index contributed by atoms with van der Waals surface area (Å²) < 4.78 is 65.0. The van der Waals surface area contributed by atoms with E-state index in [1.165, 1.54) is 10.6 Å². The van der Waals surface area contributed by atoms with Crippen LogP contribution < -0.4 is 10.7 Å². The molecule has 12 heteroatoms. The van der Waals surface area contributed by atoms with Crippen molar-refractivity contribution in [1.82, 2.24) is 9.29 Å². The first-order valence-corrected chi connectivity index (χ1v) is 14.4. The summed E-state index contributed by atoms with van der Waals surface area (Å²) in [6.07, 6.45) is 2.57. The van der Waals surface area contributed by atoms with E-state index in [9.17, 15) is 22.0 Å². The molecule has 3 aromatic carbocycles. The third-order valence-corrected chi connectivity index (χ3v) is 9.20. The van der Waals surface area contributed by atoms with Gasteiger partial charge < -0.3 is 14.1 Å². The second-order valence-electron chi connectivity index (χ2n) is 9.08. The molecule has 8 nitrogen and oxygen atoms in total. The number of rotatable bonds is 3. The Kier molecular flexibility index (Phi) is 8.08. The molecule has 0 N–H and O–H groups in total. The van der Waals surface area contributed by atoms with Crippen LogP contribution in [0.3, 0.4) is 0 Å². The maximum Gasteiger partial charge on any atom is 0.439 e. The molecule has 1 fully saturated rings. The van der Waals surface area contributed by atoms with Crippen molar-refractivity contribution >= 4 is 42.5 Å². The molecule has 2 aliphatic heterocycles. The van der Waals surface area contributed by atoms with Crippen LogP contribution in [0.4, 0.5) is 14.5 Å². The quantitative estimate of drug-likeness (QED) is 0.296. The Balaban J connectivity index is 0.000000233. The Labute approximate surface area is 232 Å². The first kappa shape index (κ1) is 27.4. The lowest BCUT2D eigenvalue weighted by Crippen LogP contribution is -2.48. The highest BCUT2D eigenvalue weighted by Gasteiger charge is 2.35. The van der Waals surface area contributed by atoms with E-state index in [0.29, 0.717) is 31.7 Å². The molecule has 4 aromatic rings. The molecule has 1 saturated heterocycles. The van der Waals surface area contributed by atoms with Gasteiger partial charge in [0, 0.05) is 35.8 Å². The Bertz CT molecular complexity index is 1660. The number of fused-ring (bicyclic) bond motifs is 2. The summed E-state index contributed by atoms with van der Waals surface area (Å²) in [5, 5.41) is 0.840. The minimum Gasteiger partial charge on any atom is -0.416 e. The smallest absolute Gasteiger partial charge is 0.416 e. The van der Waals surface area contributed by atoms with Gasteiger partial charge in [0.15, 0.2) is 0 Å². The molecule has 3 heterocycles. The molecule has 0 unspecified atom stereocenters. The van der Waals surface area contributed by atoms with Crippen LogP contribution in [0, 0.1) is 11.6 Å². The fourth-order valence-corrected chi connectivity index (χ4v) is 6.54. The summed E-state index contributed by atoms with van der Waals surface area (Å²) >= 11 is 2.87. The SMILES string of the molecule is O=S(=O)(c1cc(F)c(Br)cc1F)N1CCC(N2COCc3ccccc32)CC1.O=c1nc2ccccc2co1. The van der Waals surface area contributed by atoms with Crippen LogP contribution in [-0.2, 0) is 21.4 Å². The Morgan fingerprint density at radius 1 is 0.974 bits per heavy atom. The molecular weight excluding hydrogens is 596 g/mol. The second kappa shape index (κ2) is 11.5. The standard InChI is InChI=1S/C19H19BrF2N2O3S.C8H5NO2/c20-15-9-17(22)19(10-16(15)21)28(25,26)23-7-5-14(6-8-23)24-12-27-11-13-3-1-2-4-18(13)24;10-8-9-7-4-2-1-3-6(7)5-11-8/h1-4,9-10,14H,5-8,11-12H2;1-5H. The fraction of sp³-hybridized carbons (Fsp3) is 0.259. The lowest BCUT2D eigenvalue weighted by Gasteiger charge is -2.41. The van der Waals surface area contributed by atoms with Crippen molar-refractivity contribution in [3.63, 3.8) is 0 Å². The van der Waals surface area contributed by atoms with Crippen molar-refractivity contribution in [3.05, 3.63) is 99.1 Å². The van der Waals surface area contributed by atoms with Crippen molar-refractivity contribution < 1.29 is 26.4 Å². The predicted octanol–water partition coefficient (Wildman–Crippen LogP) is 5.06. The first-order chi connectivity index (χ1) is 18.7. The maximum absolute atomic E-state index is 14.2. The highest BCUT2D eigenvalue weighted by Crippen LogP contribution is 2.32. The molecule has 204 valence electrons. The van der Waals surface area contributed by atoms with Crippen LogP contribution in [0.5, 0.6) is 0 Å². The van der Waals surface area contributed by atoms with Gasteiger partial charge in [-0.3, -0.25) is 0 Å².